The minimum absolute atomic E-state index is 0.0234. The molecule has 3 heterocycles. The number of piperidine rings is 1. The molecule has 2 aliphatic rings. The van der Waals surface area contributed by atoms with Gasteiger partial charge in [0.05, 0.1) is 24.7 Å². The van der Waals surface area contributed by atoms with Crippen molar-refractivity contribution in [1.29, 1.82) is 0 Å². The number of fused-ring (bicyclic) bond motifs is 3. The number of ketones is 1. The van der Waals surface area contributed by atoms with Crippen LogP contribution in [0.3, 0.4) is 0 Å². The zero-order valence-electron chi connectivity index (χ0n) is 21.3. The minimum atomic E-state index is -0.922. The van der Waals surface area contributed by atoms with Crippen LogP contribution in [0.5, 0.6) is 0 Å². The summed E-state index contributed by atoms with van der Waals surface area (Å²) < 4.78 is 34.9. The van der Waals surface area contributed by atoms with Gasteiger partial charge >= 0.3 is 6.09 Å². The maximum atomic E-state index is 14.2. The van der Waals surface area contributed by atoms with Crippen LogP contribution in [0.1, 0.15) is 55.2 Å². The Balaban J connectivity index is 1.61. The fourth-order valence-electron chi connectivity index (χ4n) is 5.63. The standard InChI is InChI=1S/C28H32F2N4O3/c1-18(35)14-21(20-6-8-23(29)24(30)15-20)16-34-25-9-7-19-10-13-33(28(36)37-2)17-22(19)26(25)31-27(34)32-11-4-3-5-12-32/h6-9,15,21H,3-5,10-14,16-17H2,1-2H3/t21-/m0/s1. The van der Waals surface area contributed by atoms with Gasteiger partial charge in [-0.15, -0.1) is 0 Å². The number of carbonyl (C=O) groups excluding carboxylic acids is 2. The van der Waals surface area contributed by atoms with E-state index in [0.29, 0.717) is 31.6 Å². The topological polar surface area (TPSA) is 67.7 Å². The van der Waals surface area contributed by atoms with Gasteiger partial charge in [-0.2, -0.15) is 0 Å². The number of amides is 1. The molecule has 0 N–H and O–H groups in total. The van der Waals surface area contributed by atoms with Crippen LogP contribution < -0.4 is 4.90 Å². The maximum Gasteiger partial charge on any atom is 0.409 e. The first-order chi connectivity index (χ1) is 17.9. The summed E-state index contributed by atoms with van der Waals surface area (Å²) in [5, 5.41) is 0. The molecular formula is C28H32F2N4O3. The Labute approximate surface area is 215 Å². The number of ether oxygens (including phenoxy) is 1. The van der Waals surface area contributed by atoms with E-state index in [4.69, 9.17) is 9.72 Å². The first-order valence-electron chi connectivity index (χ1n) is 12.9. The van der Waals surface area contributed by atoms with Crippen molar-refractivity contribution in [1.82, 2.24) is 14.5 Å². The normalized spacial score (nSPS) is 16.5. The second kappa shape index (κ2) is 10.5. The van der Waals surface area contributed by atoms with Gasteiger partial charge < -0.3 is 23.9 Å². The number of benzene rings is 2. The van der Waals surface area contributed by atoms with E-state index in [9.17, 15) is 18.4 Å². The Bertz CT molecular complexity index is 1330. The number of rotatable bonds is 6. The van der Waals surface area contributed by atoms with Crippen LogP contribution >= 0.6 is 0 Å². The summed E-state index contributed by atoms with van der Waals surface area (Å²) in [6, 6.07) is 8.01. The van der Waals surface area contributed by atoms with Gasteiger partial charge in [0.15, 0.2) is 11.6 Å². The lowest BCUT2D eigenvalue weighted by Crippen LogP contribution is -2.35. The summed E-state index contributed by atoms with van der Waals surface area (Å²) in [5.41, 5.74) is 4.47. The summed E-state index contributed by atoms with van der Waals surface area (Å²) in [4.78, 5) is 33.6. The lowest BCUT2D eigenvalue weighted by atomic mass is 9.93. The molecule has 1 fully saturated rings. The van der Waals surface area contributed by atoms with Crippen LogP contribution in [0, 0.1) is 11.6 Å². The van der Waals surface area contributed by atoms with Crippen molar-refractivity contribution < 1.29 is 23.1 Å². The van der Waals surface area contributed by atoms with E-state index in [2.05, 4.69) is 21.6 Å². The lowest BCUT2D eigenvalue weighted by molar-refractivity contribution is -0.117. The predicted molar refractivity (Wildman–Crippen MR) is 137 cm³/mol. The van der Waals surface area contributed by atoms with Crippen molar-refractivity contribution in [3.05, 3.63) is 58.7 Å². The molecule has 1 saturated heterocycles. The number of anilines is 1. The van der Waals surface area contributed by atoms with E-state index in [1.165, 1.54) is 26.5 Å². The van der Waals surface area contributed by atoms with Gasteiger partial charge in [0, 0.05) is 44.1 Å². The van der Waals surface area contributed by atoms with Crippen LogP contribution in [0.4, 0.5) is 19.5 Å². The average Bonchev–Trinajstić information content (AvgIpc) is 3.28. The molecule has 9 heteroatoms. The van der Waals surface area contributed by atoms with E-state index >= 15 is 0 Å². The number of hydrogen-bond donors (Lipinski definition) is 0. The highest BCUT2D eigenvalue weighted by Gasteiger charge is 2.28. The lowest BCUT2D eigenvalue weighted by Gasteiger charge is -2.29. The molecule has 5 rings (SSSR count). The van der Waals surface area contributed by atoms with Gasteiger partial charge in [0.1, 0.15) is 5.78 Å². The first-order valence-corrected chi connectivity index (χ1v) is 12.9. The summed E-state index contributed by atoms with van der Waals surface area (Å²) in [5.74, 6) is -1.39. The number of hydrogen-bond acceptors (Lipinski definition) is 5. The van der Waals surface area contributed by atoms with E-state index in [1.807, 2.05) is 0 Å². The molecule has 0 bridgehead atoms. The first kappa shape index (κ1) is 25.2. The van der Waals surface area contributed by atoms with Crippen LogP contribution in [0.15, 0.2) is 30.3 Å². The third-order valence-electron chi connectivity index (χ3n) is 7.53. The average molecular weight is 511 g/mol. The Morgan fingerprint density at radius 2 is 1.84 bits per heavy atom. The number of methoxy groups -OCH3 is 1. The monoisotopic (exact) mass is 510 g/mol. The Morgan fingerprint density at radius 1 is 1.05 bits per heavy atom. The third kappa shape index (κ3) is 5.04. The van der Waals surface area contributed by atoms with Crippen molar-refractivity contribution >= 4 is 28.9 Å². The molecule has 7 nitrogen and oxygen atoms in total. The summed E-state index contributed by atoms with van der Waals surface area (Å²) in [6.45, 7) is 4.66. The maximum absolute atomic E-state index is 14.2. The molecule has 37 heavy (non-hydrogen) atoms. The van der Waals surface area contributed by atoms with Crippen LogP contribution in [0.25, 0.3) is 11.0 Å². The molecule has 0 spiro atoms. The molecule has 0 unspecified atom stereocenters. The molecule has 196 valence electrons. The smallest absolute Gasteiger partial charge is 0.409 e. The van der Waals surface area contributed by atoms with E-state index < -0.39 is 11.6 Å². The molecule has 0 radical (unpaired) electrons. The quantitative estimate of drug-likeness (QED) is 0.457. The number of aromatic nitrogens is 2. The Morgan fingerprint density at radius 3 is 2.54 bits per heavy atom. The number of carbonyl (C=O) groups is 2. The highest BCUT2D eigenvalue weighted by Crippen LogP contribution is 2.35. The summed E-state index contributed by atoms with van der Waals surface area (Å²) in [6.07, 6.45) is 3.86. The summed E-state index contributed by atoms with van der Waals surface area (Å²) >= 11 is 0. The second-order valence-corrected chi connectivity index (χ2v) is 10.1. The van der Waals surface area contributed by atoms with Gasteiger partial charge in [-0.25, -0.2) is 18.6 Å². The summed E-state index contributed by atoms with van der Waals surface area (Å²) in [7, 11) is 1.38. The molecule has 1 amide bonds. The molecule has 0 aliphatic carbocycles. The van der Waals surface area contributed by atoms with E-state index in [1.54, 1.807) is 11.0 Å². The van der Waals surface area contributed by atoms with Gasteiger partial charge in [-0.1, -0.05) is 12.1 Å². The van der Waals surface area contributed by atoms with Crippen molar-refractivity contribution in [3.63, 3.8) is 0 Å². The van der Waals surface area contributed by atoms with Gasteiger partial charge in [-0.05, 0) is 61.9 Å². The zero-order chi connectivity index (χ0) is 26.1. The minimum Gasteiger partial charge on any atom is -0.453 e. The third-order valence-corrected chi connectivity index (χ3v) is 7.53. The Kier molecular flexibility index (Phi) is 7.13. The number of halogens is 2. The van der Waals surface area contributed by atoms with E-state index in [0.717, 1.165) is 60.1 Å². The van der Waals surface area contributed by atoms with E-state index in [-0.39, 0.29) is 24.2 Å². The molecular weight excluding hydrogens is 478 g/mol. The molecule has 2 aliphatic heterocycles. The molecule has 1 aromatic heterocycles. The highest BCUT2D eigenvalue weighted by molar-refractivity contribution is 5.84. The van der Waals surface area contributed by atoms with Gasteiger partial charge in [-0.3, -0.25) is 0 Å². The molecule has 3 aromatic rings. The van der Waals surface area contributed by atoms with Crippen molar-refractivity contribution in [2.75, 3.05) is 31.6 Å². The van der Waals surface area contributed by atoms with Crippen LogP contribution in [0.2, 0.25) is 0 Å². The second-order valence-electron chi connectivity index (χ2n) is 10.1. The number of imidazole rings is 1. The predicted octanol–water partition coefficient (Wildman–Crippen LogP) is 5.19. The number of nitrogens with zero attached hydrogens (tertiary/aromatic N) is 4. The largest absolute Gasteiger partial charge is 0.453 e. The van der Waals surface area contributed by atoms with Gasteiger partial charge in [0.25, 0.3) is 0 Å². The van der Waals surface area contributed by atoms with Crippen LogP contribution in [-0.2, 0) is 29.0 Å². The van der Waals surface area contributed by atoms with Crippen LogP contribution in [-0.4, -0.2) is 53.1 Å². The zero-order valence-corrected chi connectivity index (χ0v) is 21.3. The number of Topliss-reactive ketones (excluding diaryl/α,β-unsaturated/α-hetero) is 1. The van der Waals surface area contributed by atoms with Gasteiger partial charge in [0.2, 0.25) is 5.95 Å². The molecule has 0 saturated carbocycles. The molecule has 1 atom stereocenters. The van der Waals surface area contributed by atoms with Crippen molar-refractivity contribution in [3.8, 4) is 0 Å². The fraction of sp³-hybridized carbons (Fsp3) is 0.464. The fourth-order valence-corrected chi connectivity index (χ4v) is 5.63. The Hall–Kier alpha value is -3.49. The highest BCUT2D eigenvalue weighted by atomic mass is 19.2. The molecule has 2 aromatic carbocycles. The van der Waals surface area contributed by atoms with Crippen molar-refractivity contribution in [2.45, 2.75) is 58.0 Å². The SMILES string of the molecule is COC(=O)N1CCc2ccc3c(nc(N4CCCCC4)n3C[C@H](CC(C)=O)c3ccc(F)c(F)c3)c2C1. The van der Waals surface area contributed by atoms with Crippen molar-refractivity contribution in [2.24, 2.45) is 0 Å².